The van der Waals surface area contributed by atoms with E-state index in [1.165, 1.54) is 23.5 Å². The number of primary amides is 1. The smallest absolute Gasteiger partial charge is 0.326 e. The van der Waals surface area contributed by atoms with Crippen LogP contribution in [0.25, 0.3) is 10.9 Å². The first-order valence-corrected chi connectivity index (χ1v) is 15.6. The largest absolute Gasteiger partial charge is 0.480 e. The summed E-state index contributed by atoms with van der Waals surface area (Å²) in [4.78, 5) is 65.3. The summed E-state index contributed by atoms with van der Waals surface area (Å²) in [5.74, 6) is -2.80. The summed E-state index contributed by atoms with van der Waals surface area (Å²) >= 11 is 2.90. The molecule has 14 heteroatoms. The van der Waals surface area contributed by atoms with Crippen LogP contribution in [0.1, 0.15) is 31.2 Å². The molecule has 12 nitrogen and oxygen atoms in total. The number of rotatable bonds is 18. The van der Waals surface area contributed by atoms with Gasteiger partial charge >= 0.3 is 5.97 Å². The van der Waals surface area contributed by atoms with E-state index in [0.717, 1.165) is 16.5 Å². The quantitative estimate of drug-likeness (QED) is 0.127. The number of nitrogens with two attached hydrogens (primary N) is 2. The number of nitrogens with one attached hydrogen (secondary N) is 4. The molecule has 1 aromatic carbocycles. The van der Waals surface area contributed by atoms with Crippen molar-refractivity contribution in [2.75, 3.05) is 24.0 Å². The topological polar surface area (TPSA) is 209 Å². The van der Waals surface area contributed by atoms with E-state index in [-0.39, 0.29) is 32.1 Å². The molecule has 9 N–H and O–H groups in total. The first-order chi connectivity index (χ1) is 19.1. The van der Waals surface area contributed by atoms with E-state index >= 15 is 0 Å². The molecule has 0 saturated carbocycles. The summed E-state index contributed by atoms with van der Waals surface area (Å²) < 4.78 is 0. The van der Waals surface area contributed by atoms with Gasteiger partial charge in [0.05, 0.1) is 6.04 Å². The van der Waals surface area contributed by atoms with Gasteiger partial charge in [0.15, 0.2) is 0 Å². The van der Waals surface area contributed by atoms with Gasteiger partial charge in [-0.2, -0.15) is 23.5 Å². The number of aromatic nitrogens is 1. The highest BCUT2D eigenvalue weighted by atomic mass is 32.2. The number of hydrogen-bond donors (Lipinski definition) is 7. The molecular weight excluding hydrogens is 556 g/mol. The molecule has 0 aliphatic carbocycles. The normalized spacial score (nSPS) is 14.1. The molecule has 40 heavy (non-hydrogen) atoms. The third-order valence-electron chi connectivity index (χ3n) is 6.23. The molecule has 220 valence electrons. The average Bonchev–Trinajstić information content (AvgIpc) is 3.33. The van der Waals surface area contributed by atoms with Gasteiger partial charge in [0.2, 0.25) is 23.6 Å². The molecule has 1 aromatic heterocycles. The number of para-hydroxylation sites is 1. The van der Waals surface area contributed by atoms with Crippen molar-refractivity contribution in [3.05, 3.63) is 36.0 Å². The van der Waals surface area contributed by atoms with Crippen LogP contribution in [0.3, 0.4) is 0 Å². The predicted octanol–water partition coefficient (Wildman–Crippen LogP) is 0.348. The van der Waals surface area contributed by atoms with E-state index < -0.39 is 53.8 Å². The maximum atomic E-state index is 13.3. The van der Waals surface area contributed by atoms with Crippen LogP contribution in [-0.4, -0.2) is 87.9 Å². The Bertz CT molecular complexity index is 1180. The minimum absolute atomic E-state index is 0.134. The zero-order valence-electron chi connectivity index (χ0n) is 22.6. The first kappa shape index (κ1) is 33.0. The number of benzene rings is 1. The summed E-state index contributed by atoms with van der Waals surface area (Å²) in [6.07, 6.45) is 5.79. The molecule has 0 fully saturated rings. The van der Waals surface area contributed by atoms with Crippen molar-refractivity contribution < 1.29 is 29.1 Å². The third-order valence-corrected chi connectivity index (χ3v) is 7.52. The second-order valence-corrected chi connectivity index (χ2v) is 11.2. The molecule has 0 bridgehead atoms. The number of H-pyrrole nitrogens is 1. The molecule has 4 amide bonds. The minimum atomic E-state index is -1.23. The highest BCUT2D eigenvalue weighted by Gasteiger charge is 2.30. The van der Waals surface area contributed by atoms with Crippen molar-refractivity contribution in [3.8, 4) is 0 Å². The fraction of sp³-hybridized carbons (Fsp3) is 0.500. The minimum Gasteiger partial charge on any atom is -0.480 e. The number of aromatic amines is 1. The van der Waals surface area contributed by atoms with Gasteiger partial charge < -0.3 is 37.5 Å². The fourth-order valence-electron chi connectivity index (χ4n) is 4.01. The van der Waals surface area contributed by atoms with Crippen molar-refractivity contribution in [1.82, 2.24) is 20.9 Å². The zero-order chi connectivity index (χ0) is 29.7. The van der Waals surface area contributed by atoms with E-state index in [9.17, 15) is 29.1 Å². The van der Waals surface area contributed by atoms with Crippen LogP contribution in [0.15, 0.2) is 30.5 Å². The second-order valence-electron chi connectivity index (χ2n) is 9.26. The fourth-order valence-corrected chi connectivity index (χ4v) is 4.95. The van der Waals surface area contributed by atoms with Gasteiger partial charge in [0.1, 0.15) is 18.1 Å². The third kappa shape index (κ3) is 10.4. The molecule has 0 spiro atoms. The molecule has 2 rings (SSSR count). The maximum absolute atomic E-state index is 13.3. The van der Waals surface area contributed by atoms with Crippen molar-refractivity contribution in [3.63, 3.8) is 0 Å². The van der Waals surface area contributed by atoms with Crippen LogP contribution in [0.4, 0.5) is 0 Å². The van der Waals surface area contributed by atoms with E-state index in [1.54, 1.807) is 6.20 Å². The van der Waals surface area contributed by atoms with E-state index in [2.05, 4.69) is 20.9 Å². The summed E-state index contributed by atoms with van der Waals surface area (Å²) in [6.45, 7) is 0. The number of amides is 4. The summed E-state index contributed by atoms with van der Waals surface area (Å²) in [7, 11) is 0. The number of carboxylic acid groups (broad SMARTS) is 1. The Morgan fingerprint density at radius 2 is 1.43 bits per heavy atom. The van der Waals surface area contributed by atoms with Crippen LogP contribution in [-0.2, 0) is 30.4 Å². The maximum Gasteiger partial charge on any atom is 0.326 e. The Balaban J connectivity index is 2.12. The highest BCUT2D eigenvalue weighted by Crippen LogP contribution is 2.19. The number of thioether (sulfide) groups is 2. The SMILES string of the molecule is CSCCC(NC(=O)C(CCC(N)=O)NC(=O)C(CCSC)NC(=O)C(N)Cc1c[nH]c2ccccc12)C(=O)O. The Morgan fingerprint density at radius 3 is 2.02 bits per heavy atom. The van der Waals surface area contributed by atoms with Gasteiger partial charge in [0, 0.05) is 23.5 Å². The lowest BCUT2D eigenvalue weighted by Gasteiger charge is -2.25. The van der Waals surface area contributed by atoms with Crippen molar-refractivity contribution in [2.24, 2.45) is 11.5 Å². The van der Waals surface area contributed by atoms with E-state index in [0.29, 0.717) is 11.5 Å². The second kappa shape index (κ2) is 16.8. The van der Waals surface area contributed by atoms with Crippen molar-refractivity contribution in [2.45, 2.75) is 56.3 Å². The van der Waals surface area contributed by atoms with Gasteiger partial charge in [-0.1, -0.05) is 18.2 Å². The molecular formula is C26H38N6O6S2. The van der Waals surface area contributed by atoms with Crippen LogP contribution >= 0.6 is 23.5 Å². The number of carbonyl (C=O) groups is 5. The number of carboxylic acids is 1. The lowest BCUT2D eigenvalue weighted by molar-refractivity contribution is -0.142. The summed E-state index contributed by atoms with van der Waals surface area (Å²) in [5, 5.41) is 18.1. The Labute approximate surface area is 241 Å². The Kier molecular flexibility index (Phi) is 13.8. The van der Waals surface area contributed by atoms with Crippen LogP contribution in [0.2, 0.25) is 0 Å². The molecule has 0 aliphatic rings. The summed E-state index contributed by atoms with van der Waals surface area (Å²) in [5.41, 5.74) is 13.2. The Hall–Kier alpha value is -3.23. The van der Waals surface area contributed by atoms with Crippen LogP contribution < -0.4 is 27.4 Å². The van der Waals surface area contributed by atoms with E-state index in [1.807, 2.05) is 36.8 Å². The molecule has 1 heterocycles. The molecule has 0 aliphatic heterocycles. The Morgan fingerprint density at radius 1 is 0.875 bits per heavy atom. The van der Waals surface area contributed by atoms with Crippen LogP contribution in [0.5, 0.6) is 0 Å². The molecule has 4 unspecified atom stereocenters. The molecule has 4 atom stereocenters. The number of aliphatic carboxylic acids is 1. The van der Waals surface area contributed by atoms with Gasteiger partial charge in [-0.15, -0.1) is 0 Å². The molecule has 2 aromatic rings. The monoisotopic (exact) mass is 594 g/mol. The number of fused-ring (bicyclic) bond motifs is 1. The van der Waals surface area contributed by atoms with Crippen molar-refractivity contribution in [1.29, 1.82) is 0 Å². The van der Waals surface area contributed by atoms with Gasteiger partial charge in [-0.25, -0.2) is 4.79 Å². The van der Waals surface area contributed by atoms with Crippen molar-refractivity contribution >= 4 is 64.0 Å². The standard InChI is InChI=1S/C26H38N6O6S2/c1-39-11-9-20(30-23(34)17(27)13-15-14-29-18-6-4-3-5-16(15)18)25(36)31-19(7-8-22(28)33)24(35)32-21(26(37)38)10-12-40-2/h3-6,14,17,19-21,29H,7-13,27H2,1-2H3,(H2,28,33)(H,30,34)(H,31,36)(H,32,35)(H,37,38). The van der Waals surface area contributed by atoms with Gasteiger partial charge in [-0.05, 0) is 61.3 Å². The highest BCUT2D eigenvalue weighted by molar-refractivity contribution is 7.98. The first-order valence-electron chi connectivity index (χ1n) is 12.8. The number of hydrogen-bond acceptors (Lipinski definition) is 8. The average molecular weight is 595 g/mol. The summed E-state index contributed by atoms with van der Waals surface area (Å²) in [6, 6.07) is 3.28. The van der Waals surface area contributed by atoms with E-state index in [4.69, 9.17) is 11.5 Å². The lowest BCUT2D eigenvalue weighted by atomic mass is 10.0. The number of carbonyl (C=O) groups excluding carboxylic acids is 4. The van der Waals surface area contributed by atoms with Gasteiger partial charge in [-0.3, -0.25) is 19.2 Å². The zero-order valence-corrected chi connectivity index (χ0v) is 24.2. The van der Waals surface area contributed by atoms with Crippen LogP contribution in [0, 0.1) is 0 Å². The molecule has 0 saturated heterocycles. The molecule has 0 radical (unpaired) electrons. The lowest BCUT2D eigenvalue weighted by Crippen LogP contribution is -2.57. The van der Waals surface area contributed by atoms with Gasteiger partial charge in [0.25, 0.3) is 0 Å². The predicted molar refractivity (Wildman–Crippen MR) is 158 cm³/mol.